The van der Waals surface area contributed by atoms with Gasteiger partial charge >= 0.3 is 58.8 Å². The standard InChI is InChI=1S/4BH3O3.Na.7H2O.H/c4*2-1(3)4;;;;;;;;;/h4*2-4H;;7*1H2;/q;;;;+1;;;;;;;;-1. The van der Waals surface area contributed by atoms with Crippen molar-refractivity contribution < 1.29 is 130 Å². The average Bonchev–Trinajstić information content (AvgIpc) is 1.76. The zero-order valence-corrected chi connectivity index (χ0v) is 14.2. The summed E-state index contributed by atoms with van der Waals surface area (Å²) in [6.45, 7) is 0. The Morgan fingerprint density at radius 2 is 0.292 bits per heavy atom. The maximum Gasteiger partial charge on any atom is 1.00 e. The minimum atomic E-state index is -2.17. The molecule has 0 aliphatic rings. The summed E-state index contributed by atoms with van der Waals surface area (Å²) in [4.78, 5) is 0. The zero-order valence-electron chi connectivity index (χ0n) is 13.2. The molecular formula is H27B4NaO19. The van der Waals surface area contributed by atoms with Gasteiger partial charge in [0.1, 0.15) is 0 Å². The summed E-state index contributed by atoms with van der Waals surface area (Å²) in [5.41, 5.74) is 0. The van der Waals surface area contributed by atoms with E-state index in [9.17, 15) is 0 Å². The largest absolute Gasteiger partial charge is 1.00 e. The van der Waals surface area contributed by atoms with Crippen molar-refractivity contribution in [2.75, 3.05) is 0 Å². The van der Waals surface area contributed by atoms with Gasteiger partial charge < -0.3 is 100 Å². The molecular weight excluding hydrogens is 370 g/mol. The molecule has 0 saturated carbocycles. The molecule has 0 heterocycles. The molecule has 19 nitrogen and oxygen atoms in total. The predicted molar refractivity (Wildman–Crippen MR) is 76.1 cm³/mol. The van der Waals surface area contributed by atoms with Gasteiger partial charge in [-0.25, -0.2) is 0 Å². The Morgan fingerprint density at radius 1 is 0.292 bits per heavy atom. The van der Waals surface area contributed by atoms with E-state index < -0.39 is 29.3 Å². The van der Waals surface area contributed by atoms with Crippen LogP contribution >= 0.6 is 0 Å². The van der Waals surface area contributed by atoms with Crippen molar-refractivity contribution in [1.82, 2.24) is 0 Å². The summed E-state index contributed by atoms with van der Waals surface area (Å²) in [5, 5.41) is 86.0. The number of hydrogen-bond donors (Lipinski definition) is 12. The SMILES string of the molecule is O.O.O.O.O.O.O.OB(O)O.OB(O)O.OB(O)O.OB(O)O.[H-].[Na+]. The van der Waals surface area contributed by atoms with E-state index in [4.69, 9.17) is 60.3 Å². The van der Waals surface area contributed by atoms with Crippen LogP contribution in [-0.4, -0.2) is 128 Å². The molecule has 0 aromatic heterocycles. The van der Waals surface area contributed by atoms with Gasteiger partial charge in [0.2, 0.25) is 0 Å². The molecule has 0 saturated heterocycles. The maximum absolute atomic E-state index is 7.17. The minimum absolute atomic E-state index is 0. The van der Waals surface area contributed by atoms with Crippen LogP contribution in [-0.2, 0) is 0 Å². The van der Waals surface area contributed by atoms with Crippen LogP contribution in [0.25, 0.3) is 0 Å². The first-order valence-electron chi connectivity index (χ1n) is 3.10. The fourth-order valence-corrected chi connectivity index (χ4v) is 0. The molecule has 0 atom stereocenters. The van der Waals surface area contributed by atoms with Crippen molar-refractivity contribution in [3.63, 3.8) is 0 Å². The second-order valence-corrected chi connectivity index (χ2v) is 1.39. The second kappa shape index (κ2) is 76.1. The summed E-state index contributed by atoms with van der Waals surface area (Å²) in [5.74, 6) is 0. The van der Waals surface area contributed by atoms with Crippen LogP contribution in [0.2, 0.25) is 0 Å². The third kappa shape index (κ3) is 41600. The fraction of sp³-hybridized carbons (Fsp3) is 0. The zero-order chi connectivity index (χ0) is 14.3. The third-order valence-corrected chi connectivity index (χ3v) is 0. The Morgan fingerprint density at radius 3 is 0.292 bits per heavy atom. The van der Waals surface area contributed by atoms with Crippen LogP contribution in [0.4, 0.5) is 0 Å². The molecule has 26 N–H and O–H groups in total. The van der Waals surface area contributed by atoms with Gasteiger partial charge in [-0.15, -0.1) is 0 Å². The van der Waals surface area contributed by atoms with Gasteiger partial charge in [0.05, 0.1) is 0 Å². The van der Waals surface area contributed by atoms with Crippen LogP contribution in [0.1, 0.15) is 1.43 Å². The molecule has 0 aliphatic carbocycles. The molecule has 24 heteroatoms. The van der Waals surface area contributed by atoms with Gasteiger partial charge in [-0.05, 0) is 0 Å². The topological polar surface area (TPSA) is 463 Å². The van der Waals surface area contributed by atoms with Gasteiger partial charge in [-0.3, -0.25) is 0 Å². The van der Waals surface area contributed by atoms with E-state index in [1.807, 2.05) is 0 Å². The van der Waals surface area contributed by atoms with Crippen LogP contribution in [0.15, 0.2) is 0 Å². The summed E-state index contributed by atoms with van der Waals surface area (Å²) in [6, 6.07) is 0. The van der Waals surface area contributed by atoms with Gasteiger partial charge in [0.25, 0.3) is 0 Å². The average molecular weight is 397 g/mol. The molecule has 0 aromatic carbocycles. The Labute approximate surface area is 159 Å². The van der Waals surface area contributed by atoms with Crippen molar-refractivity contribution >= 4 is 29.3 Å². The summed E-state index contributed by atoms with van der Waals surface area (Å²) in [6.07, 6.45) is 0. The number of hydrogen-bond acceptors (Lipinski definition) is 12. The molecule has 0 amide bonds. The number of rotatable bonds is 0. The van der Waals surface area contributed by atoms with Crippen LogP contribution in [0, 0.1) is 0 Å². The summed E-state index contributed by atoms with van der Waals surface area (Å²) < 4.78 is 0. The van der Waals surface area contributed by atoms with Crippen LogP contribution in [0.3, 0.4) is 0 Å². The smallest absolute Gasteiger partial charge is 1.00 e. The second-order valence-electron chi connectivity index (χ2n) is 1.39. The molecule has 0 bridgehead atoms. The molecule has 0 unspecified atom stereocenters. The first-order chi connectivity index (χ1) is 6.93. The fourth-order valence-electron chi connectivity index (χ4n) is 0. The Hall–Kier alpha value is 0.500. The van der Waals surface area contributed by atoms with Gasteiger partial charge in [0, 0.05) is 0 Å². The first kappa shape index (κ1) is 86.6. The quantitative estimate of drug-likeness (QED) is 0.169. The van der Waals surface area contributed by atoms with Crippen molar-refractivity contribution in [3.05, 3.63) is 0 Å². The van der Waals surface area contributed by atoms with E-state index in [0.717, 1.165) is 0 Å². The van der Waals surface area contributed by atoms with E-state index in [0.29, 0.717) is 0 Å². The Balaban J connectivity index is -0.00000000623. The van der Waals surface area contributed by atoms with Gasteiger partial charge in [0.15, 0.2) is 0 Å². The minimum Gasteiger partial charge on any atom is -1.00 e. The van der Waals surface area contributed by atoms with Gasteiger partial charge in [-0.2, -0.15) is 0 Å². The normalized spacial score (nSPS) is 4.50. The van der Waals surface area contributed by atoms with E-state index in [-0.39, 0.29) is 69.3 Å². The molecule has 0 fully saturated rings. The maximum atomic E-state index is 7.17. The molecule has 0 aliphatic heterocycles. The van der Waals surface area contributed by atoms with Crippen molar-refractivity contribution in [3.8, 4) is 0 Å². The van der Waals surface area contributed by atoms with Crippen molar-refractivity contribution in [2.24, 2.45) is 0 Å². The molecule has 0 rings (SSSR count). The molecule has 24 heavy (non-hydrogen) atoms. The molecule has 0 aromatic rings. The molecule has 0 radical (unpaired) electrons. The first-order valence-corrected chi connectivity index (χ1v) is 3.10. The Kier molecular flexibility index (Phi) is 275. The predicted octanol–water partition coefficient (Wildman–Crippen LogP) is -16.9. The van der Waals surface area contributed by atoms with Gasteiger partial charge in [-0.1, -0.05) is 0 Å². The summed E-state index contributed by atoms with van der Waals surface area (Å²) >= 11 is 0. The van der Waals surface area contributed by atoms with Crippen molar-refractivity contribution in [2.45, 2.75) is 0 Å². The summed E-state index contributed by atoms with van der Waals surface area (Å²) in [7, 11) is -8.67. The monoisotopic (exact) mass is 398 g/mol. The van der Waals surface area contributed by atoms with Crippen molar-refractivity contribution in [1.29, 1.82) is 0 Å². The molecule has 0 spiro atoms. The van der Waals surface area contributed by atoms with E-state index in [1.165, 1.54) is 0 Å². The van der Waals surface area contributed by atoms with Crippen LogP contribution < -0.4 is 29.6 Å². The molecule has 154 valence electrons. The van der Waals surface area contributed by atoms with E-state index >= 15 is 0 Å². The van der Waals surface area contributed by atoms with Crippen LogP contribution in [0.5, 0.6) is 0 Å². The Bertz CT molecular complexity index is 70.4. The third-order valence-electron chi connectivity index (χ3n) is 0. The van der Waals surface area contributed by atoms with E-state index in [2.05, 4.69) is 0 Å². The van der Waals surface area contributed by atoms with E-state index in [1.54, 1.807) is 0 Å².